The Morgan fingerprint density at radius 1 is 1.00 bits per heavy atom. The molecule has 1 aromatic heterocycles. The molecule has 0 radical (unpaired) electrons. The van der Waals surface area contributed by atoms with Crippen LogP contribution in [0.4, 0.5) is 5.69 Å². The van der Waals surface area contributed by atoms with E-state index in [0.29, 0.717) is 16.8 Å². The first-order valence-corrected chi connectivity index (χ1v) is 8.93. The molecule has 28 heavy (non-hydrogen) atoms. The number of aromatic nitrogens is 1. The van der Waals surface area contributed by atoms with Gasteiger partial charge < -0.3 is 14.6 Å². The average molecular weight is 384 g/mol. The largest absolute Gasteiger partial charge is 0.450 e. The fourth-order valence-corrected chi connectivity index (χ4v) is 2.47. The Kier molecular flexibility index (Phi) is 6.51. The first kappa shape index (κ1) is 21.1. The molecule has 2 rings (SSSR count). The standard InChI is InChI=1S/C21H24N2O5/c1-12(2)20(26)22-17-8-6-15(7-9-17)19(25)14(4)28-21(27)18-10-16(13(3)24)11-23(18)5/h6-12,14H,1-5H3,(H,22,26)/t14-/m1/s1. The van der Waals surface area contributed by atoms with Crippen LogP contribution in [0.2, 0.25) is 0 Å². The molecule has 148 valence electrons. The van der Waals surface area contributed by atoms with Gasteiger partial charge in [0.25, 0.3) is 0 Å². The molecule has 0 aliphatic heterocycles. The molecule has 1 heterocycles. The number of anilines is 1. The summed E-state index contributed by atoms with van der Waals surface area (Å²) in [6.07, 6.45) is 0.537. The lowest BCUT2D eigenvalue weighted by atomic mass is 10.1. The number of amides is 1. The summed E-state index contributed by atoms with van der Waals surface area (Å²) in [5.41, 5.74) is 1.53. The molecule has 1 amide bonds. The van der Waals surface area contributed by atoms with Crippen molar-refractivity contribution in [2.75, 3.05) is 5.32 Å². The maximum atomic E-state index is 12.5. The van der Waals surface area contributed by atoms with Gasteiger partial charge >= 0.3 is 5.97 Å². The van der Waals surface area contributed by atoms with E-state index in [1.165, 1.54) is 30.7 Å². The minimum absolute atomic E-state index is 0.117. The van der Waals surface area contributed by atoms with Crippen LogP contribution >= 0.6 is 0 Å². The molecule has 0 saturated heterocycles. The summed E-state index contributed by atoms with van der Waals surface area (Å²) in [6.45, 7) is 6.47. The third-order valence-electron chi connectivity index (χ3n) is 4.23. The maximum Gasteiger partial charge on any atom is 0.355 e. The SMILES string of the molecule is CC(=O)c1cc(C(=O)O[C@H](C)C(=O)c2ccc(NC(=O)C(C)C)cc2)n(C)c1. The molecule has 7 heteroatoms. The molecule has 0 unspecified atom stereocenters. The van der Waals surface area contributed by atoms with E-state index in [-0.39, 0.29) is 29.1 Å². The maximum absolute atomic E-state index is 12.5. The van der Waals surface area contributed by atoms with Crippen molar-refractivity contribution in [3.63, 3.8) is 0 Å². The Balaban J connectivity index is 2.05. The zero-order valence-corrected chi connectivity index (χ0v) is 16.6. The third kappa shape index (κ3) is 4.94. The summed E-state index contributed by atoms with van der Waals surface area (Å²) in [5.74, 6) is -1.48. The second-order valence-electron chi connectivity index (χ2n) is 6.91. The van der Waals surface area contributed by atoms with E-state index in [9.17, 15) is 19.2 Å². The zero-order chi connectivity index (χ0) is 21.0. The number of hydrogen-bond acceptors (Lipinski definition) is 5. The smallest absolute Gasteiger partial charge is 0.355 e. The van der Waals surface area contributed by atoms with E-state index in [1.54, 1.807) is 45.2 Å². The first-order chi connectivity index (χ1) is 13.1. The molecule has 0 spiro atoms. The van der Waals surface area contributed by atoms with Crippen LogP contribution in [0.5, 0.6) is 0 Å². The summed E-state index contributed by atoms with van der Waals surface area (Å²) in [5, 5.41) is 2.74. The molecule has 0 aliphatic carbocycles. The third-order valence-corrected chi connectivity index (χ3v) is 4.23. The Hall–Kier alpha value is -3.22. The predicted molar refractivity (Wildman–Crippen MR) is 105 cm³/mol. The number of Topliss-reactive ketones (excluding diaryl/α,β-unsaturated/α-hetero) is 2. The Morgan fingerprint density at radius 2 is 1.61 bits per heavy atom. The van der Waals surface area contributed by atoms with Crippen molar-refractivity contribution in [3.05, 3.63) is 53.3 Å². The number of aryl methyl sites for hydroxylation is 1. The van der Waals surface area contributed by atoms with Crippen LogP contribution in [0.15, 0.2) is 36.5 Å². The van der Waals surface area contributed by atoms with Gasteiger partial charge in [-0.1, -0.05) is 13.8 Å². The summed E-state index contributed by atoms with van der Waals surface area (Å²) >= 11 is 0. The number of rotatable bonds is 7. The Bertz CT molecular complexity index is 909. The second-order valence-corrected chi connectivity index (χ2v) is 6.91. The monoisotopic (exact) mass is 384 g/mol. The van der Waals surface area contributed by atoms with Crippen LogP contribution in [0.1, 0.15) is 58.9 Å². The lowest BCUT2D eigenvalue weighted by Gasteiger charge is -2.13. The van der Waals surface area contributed by atoms with Crippen molar-refractivity contribution in [1.82, 2.24) is 4.57 Å². The van der Waals surface area contributed by atoms with E-state index in [0.717, 1.165) is 0 Å². The highest BCUT2D eigenvalue weighted by molar-refractivity contribution is 6.02. The molecular formula is C21H24N2O5. The van der Waals surface area contributed by atoms with Crippen LogP contribution < -0.4 is 5.32 Å². The fraction of sp³-hybridized carbons (Fsp3) is 0.333. The lowest BCUT2D eigenvalue weighted by molar-refractivity contribution is -0.118. The topological polar surface area (TPSA) is 94.5 Å². The highest BCUT2D eigenvalue weighted by atomic mass is 16.5. The number of benzene rings is 1. The summed E-state index contributed by atoms with van der Waals surface area (Å²) < 4.78 is 6.75. The van der Waals surface area contributed by atoms with E-state index in [1.807, 2.05) is 0 Å². The quantitative estimate of drug-likeness (QED) is 0.584. The molecule has 1 aromatic carbocycles. The van der Waals surface area contributed by atoms with E-state index in [4.69, 9.17) is 4.74 Å². The van der Waals surface area contributed by atoms with Crippen molar-refractivity contribution >= 4 is 29.1 Å². The van der Waals surface area contributed by atoms with Gasteiger partial charge in [0.1, 0.15) is 5.69 Å². The number of nitrogens with zero attached hydrogens (tertiary/aromatic N) is 1. The second kappa shape index (κ2) is 8.65. The fourth-order valence-electron chi connectivity index (χ4n) is 2.47. The van der Waals surface area contributed by atoms with Gasteiger partial charge in [-0.05, 0) is 44.2 Å². The van der Waals surface area contributed by atoms with E-state index < -0.39 is 12.1 Å². The van der Waals surface area contributed by atoms with Crippen LogP contribution in [0.3, 0.4) is 0 Å². The normalized spacial score (nSPS) is 11.8. The number of carbonyl (C=O) groups is 4. The summed E-state index contributed by atoms with van der Waals surface area (Å²) in [6, 6.07) is 7.82. The van der Waals surface area contributed by atoms with Gasteiger partial charge in [0.15, 0.2) is 11.9 Å². The van der Waals surface area contributed by atoms with Gasteiger partial charge in [0, 0.05) is 36.0 Å². The number of ketones is 2. The minimum Gasteiger partial charge on any atom is -0.450 e. The molecule has 0 aliphatic rings. The number of carbonyl (C=O) groups excluding carboxylic acids is 4. The van der Waals surface area contributed by atoms with Crippen molar-refractivity contribution in [2.45, 2.75) is 33.8 Å². The minimum atomic E-state index is -1.00. The molecule has 1 N–H and O–H groups in total. The van der Waals surface area contributed by atoms with Crippen LogP contribution in [0, 0.1) is 5.92 Å². The van der Waals surface area contributed by atoms with Crippen LogP contribution in [0.25, 0.3) is 0 Å². The molecule has 1 atom stereocenters. The highest BCUT2D eigenvalue weighted by Crippen LogP contribution is 2.15. The predicted octanol–water partition coefficient (Wildman–Crippen LogP) is 3.25. The summed E-state index contributed by atoms with van der Waals surface area (Å²) in [4.78, 5) is 48.0. The van der Waals surface area contributed by atoms with Gasteiger partial charge in [0.2, 0.25) is 11.7 Å². The van der Waals surface area contributed by atoms with Crippen LogP contribution in [-0.4, -0.2) is 34.1 Å². The van der Waals surface area contributed by atoms with Crippen molar-refractivity contribution in [2.24, 2.45) is 13.0 Å². The van der Waals surface area contributed by atoms with Gasteiger partial charge in [0.05, 0.1) is 0 Å². The van der Waals surface area contributed by atoms with Gasteiger partial charge in [-0.2, -0.15) is 0 Å². The average Bonchev–Trinajstić information content (AvgIpc) is 3.03. The highest BCUT2D eigenvalue weighted by Gasteiger charge is 2.23. The van der Waals surface area contributed by atoms with Crippen molar-refractivity contribution in [1.29, 1.82) is 0 Å². The van der Waals surface area contributed by atoms with Gasteiger partial charge in [-0.15, -0.1) is 0 Å². The number of nitrogens with one attached hydrogen (secondary N) is 1. The van der Waals surface area contributed by atoms with Gasteiger partial charge in [-0.3, -0.25) is 14.4 Å². The van der Waals surface area contributed by atoms with Crippen LogP contribution in [-0.2, 0) is 16.6 Å². The van der Waals surface area contributed by atoms with E-state index >= 15 is 0 Å². The molecule has 7 nitrogen and oxygen atoms in total. The number of ether oxygens (including phenoxy) is 1. The zero-order valence-electron chi connectivity index (χ0n) is 16.6. The number of hydrogen-bond donors (Lipinski definition) is 1. The Morgan fingerprint density at radius 3 is 2.11 bits per heavy atom. The molecule has 2 aromatic rings. The number of esters is 1. The molecule has 0 saturated carbocycles. The Labute approximate surface area is 163 Å². The van der Waals surface area contributed by atoms with Gasteiger partial charge in [-0.25, -0.2) is 4.79 Å². The van der Waals surface area contributed by atoms with Crippen molar-refractivity contribution in [3.8, 4) is 0 Å². The van der Waals surface area contributed by atoms with E-state index in [2.05, 4.69) is 5.32 Å². The lowest BCUT2D eigenvalue weighted by Crippen LogP contribution is -2.25. The molecular weight excluding hydrogens is 360 g/mol. The first-order valence-electron chi connectivity index (χ1n) is 8.93. The van der Waals surface area contributed by atoms with Crippen molar-refractivity contribution < 1.29 is 23.9 Å². The molecule has 0 bridgehead atoms. The summed E-state index contributed by atoms with van der Waals surface area (Å²) in [7, 11) is 1.62. The molecule has 0 fully saturated rings.